The number of nitrogens with zero attached hydrogens (tertiary/aromatic N) is 3. The van der Waals surface area contributed by atoms with Gasteiger partial charge in [0, 0.05) is 31.2 Å². The third-order valence-electron chi connectivity index (χ3n) is 5.13. The highest BCUT2D eigenvalue weighted by molar-refractivity contribution is 5.76. The first kappa shape index (κ1) is 16.5. The SMILES string of the molecule is Cc1cc(C)n(CC2CN(C(=O)C[C@@H]3CCC[C@H]3N)CCO2)n1. The minimum absolute atomic E-state index is 0.0166. The van der Waals surface area contributed by atoms with E-state index in [1.165, 1.54) is 0 Å². The number of aromatic nitrogens is 2. The van der Waals surface area contributed by atoms with Gasteiger partial charge in [-0.15, -0.1) is 0 Å². The smallest absolute Gasteiger partial charge is 0.223 e. The highest BCUT2D eigenvalue weighted by Gasteiger charge is 2.30. The topological polar surface area (TPSA) is 73.4 Å². The summed E-state index contributed by atoms with van der Waals surface area (Å²) in [5, 5.41) is 4.48. The van der Waals surface area contributed by atoms with Crippen molar-refractivity contribution in [2.45, 2.75) is 58.2 Å². The van der Waals surface area contributed by atoms with Gasteiger partial charge in [-0.05, 0) is 38.7 Å². The molecule has 2 N–H and O–H groups in total. The molecule has 23 heavy (non-hydrogen) atoms. The summed E-state index contributed by atoms with van der Waals surface area (Å²) in [6.45, 7) is 6.69. The van der Waals surface area contributed by atoms with E-state index in [9.17, 15) is 4.79 Å². The van der Waals surface area contributed by atoms with Crippen molar-refractivity contribution in [1.29, 1.82) is 0 Å². The molecule has 1 saturated carbocycles. The van der Waals surface area contributed by atoms with Crippen LogP contribution >= 0.6 is 0 Å². The fourth-order valence-electron chi connectivity index (χ4n) is 3.78. The van der Waals surface area contributed by atoms with Crippen LogP contribution in [0.5, 0.6) is 0 Å². The molecule has 0 bridgehead atoms. The number of aryl methyl sites for hydroxylation is 2. The predicted octanol–water partition coefficient (Wildman–Crippen LogP) is 1.24. The van der Waals surface area contributed by atoms with Gasteiger partial charge in [-0.1, -0.05) is 6.42 Å². The van der Waals surface area contributed by atoms with Gasteiger partial charge >= 0.3 is 0 Å². The van der Waals surface area contributed by atoms with Crippen molar-refractivity contribution < 1.29 is 9.53 Å². The third-order valence-corrected chi connectivity index (χ3v) is 5.13. The number of amides is 1. The molecule has 0 radical (unpaired) electrons. The second-order valence-corrected chi connectivity index (χ2v) is 7.00. The van der Waals surface area contributed by atoms with E-state index in [1.807, 2.05) is 23.4 Å². The van der Waals surface area contributed by atoms with Gasteiger partial charge in [0.1, 0.15) is 0 Å². The molecule has 1 unspecified atom stereocenters. The average Bonchev–Trinajstić information content (AvgIpc) is 3.05. The van der Waals surface area contributed by atoms with Crippen LogP contribution in [-0.4, -0.2) is 52.4 Å². The second-order valence-electron chi connectivity index (χ2n) is 7.00. The summed E-state index contributed by atoms with van der Waals surface area (Å²) in [6.07, 6.45) is 3.91. The number of carbonyl (C=O) groups excluding carboxylic acids is 1. The maximum absolute atomic E-state index is 12.6. The zero-order chi connectivity index (χ0) is 16.4. The number of hydrogen-bond acceptors (Lipinski definition) is 4. The number of ether oxygens (including phenoxy) is 1. The molecule has 6 nitrogen and oxygen atoms in total. The third kappa shape index (κ3) is 3.93. The summed E-state index contributed by atoms with van der Waals surface area (Å²) in [4.78, 5) is 14.5. The first-order valence-electron chi connectivity index (χ1n) is 8.69. The van der Waals surface area contributed by atoms with Crippen molar-refractivity contribution >= 4 is 5.91 Å². The molecule has 128 valence electrons. The molecule has 2 fully saturated rings. The molecule has 1 aliphatic heterocycles. The molecule has 1 aromatic heterocycles. The van der Waals surface area contributed by atoms with Crippen LogP contribution < -0.4 is 5.73 Å². The Labute approximate surface area is 138 Å². The van der Waals surface area contributed by atoms with Crippen LogP contribution in [0.15, 0.2) is 6.07 Å². The summed E-state index contributed by atoms with van der Waals surface area (Å²) in [6, 6.07) is 2.26. The standard InChI is InChI=1S/C17H28N4O2/c1-12-8-13(2)21(19-12)11-15-10-20(6-7-23-15)17(22)9-14-4-3-5-16(14)18/h8,14-16H,3-7,9-11,18H2,1-2H3/t14-,15?,16+/m0/s1. The van der Waals surface area contributed by atoms with E-state index in [1.54, 1.807) is 0 Å². The van der Waals surface area contributed by atoms with Gasteiger partial charge in [-0.2, -0.15) is 5.10 Å². The summed E-state index contributed by atoms with van der Waals surface area (Å²) in [5.41, 5.74) is 8.24. The van der Waals surface area contributed by atoms with Gasteiger partial charge in [0.25, 0.3) is 0 Å². The first-order valence-corrected chi connectivity index (χ1v) is 8.69. The van der Waals surface area contributed by atoms with E-state index in [2.05, 4.69) is 11.2 Å². The maximum Gasteiger partial charge on any atom is 0.223 e. The largest absolute Gasteiger partial charge is 0.373 e. The van der Waals surface area contributed by atoms with Crippen LogP contribution in [-0.2, 0) is 16.1 Å². The quantitative estimate of drug-likeness (QED) is 0.906. The normalized spacial score (nSPS) is 28.3. The molecule has 2 heterocycles. The summed E-state index contributed by atoms with van der Waals surface area (Å²) >= 11 is 0. The molecule has 0 spiro atoms. The van der Waals surface area contributed by atoms with Crippen molar-refractivity contribution in [3.05, 3.63) is 17.5 Å². The number of hydrogen-bond donors (Lipinski definition) is 1. The Hall–Kier alpha value is -1.40. The molecule has 2 aliphatic rings. The Kier molecular flexibility index (Phi) is 5.02. The molecule has 1 saturated heterocycles. The fraction of sp³-hybridized carbons (Fsp3) is 0.765. The summed E-state index contributed by atoms with van der Waals surface area (Å²) in [5.74, 6) is 0.592. The molecule has 3 atom stereocenters. The maximum atomic E-state index is 12.6. The summed E-state index contributed by atoms with van der Waals surface area (Å²) in [7, 11) is 0. The predicted molar refractivity (Wildman–Crippen MR) is 88.0 cm³/mol. The Bertz CT molecular complexity index is 557. The van der Waals surface area contributed by atoms with E-state index < -0.39 is 0 Å². The van der Waals surface area contributed by atoms with Crippen molar-refractivity contribution in [3.8, 4) is 0 Å². The van der Waals surface area contributed by atoms with Crippen LogP contribution in [0.4, 0.5) is 0 Å². The highest BCUT2D eigenvalue weighted by Crippen LogP contribution is 2.27. The van der Waals surface area contributed by atoms with E-state index in [0.29, 0.717) is 38.6 Å². The Morgan fingerprint density at radius 3 is 2.91 bits per heavy atom. The Morgan fingerprint density at radius 2 is 2.26 bits per heavy atom. The minimum Gasteiger partial charge on any atom is -0.373 e. The number of morpholine rings is 1. The molecule has 1 aliphatic carbocycles. The van der Waals surface area contributed by atoms with Crippen molar-refractivity contribution in [2.24, 2.45) is 11.7 Å². The van der Waals surface area contributed by atoms with Gasteiger partial charge in [-0.25, -0.2) is 0 Å². The van der Waals surface area contributed by atoms with Crippen LogP contribution in [0.3, 0.4) is 0 Å². The number of nitrogens with two attached hydrogens (primary N) is 1. The van der Waals surface area contributed by atoms with E-state index >= 15 is 0 Å². The van der Waals surface area contributed by atoms with Crippen LogP contribution in [0.1, 0.15) is 37.1 Å². The van der Waals surface area contributed by atoms with Crippen molar-refractivity contribution in [1.82, 2.24) is 14.7 Å². The lowest BCUT2D eigenvalue weighted by Gasteiger charge is -2.34. The lowest BCUT2D eigenvalue weighted by Crippen LogP contribution is -2.48. The minimum atomic E-state index is 0.0166. The lowest BCUT2D eigenvalue weighted by molar-refractivity contribution is -0.140. The summed E-state index contributed by atoms with van der Waals surface area (Å²) < 4.78 is 7.81. The van der Waals surface area contributed by atoms with Crippen LogP contribution in [0, 0.1) is 19.8 Å². The van der Waals surface area contributed by atoms with Gasteiger partial charge in [0.2, 0.25) is 5.91 Å². The van der Waals surface area contributed by atoms with E-state index in [4.69, 9.17) is 10.5 Å². The van der Waals surface area contributed by atoms with E-state index in [0.717, 1.165) is 30.7 Å². The van der Waals surface area contributed by atoms with Crippen molar-refractivity contribution in [2.75, 3.05) is 19.7 Å². The first-order chi connectivity index (χ1) is 11.0. The van der Waals surface area contributed by atoms with Crippen LogP contribution in [0.2, 0.25) is 0 Å². The molecule has 1 aromatic rings. The van der Waals surface area contributed by atoms with Crippen LogP contribution in [0.25, 0.3) is 0 Å². The number of carbonyl (C=O) groups is 1. The van der Waals surface area contributed by atoms with Crippen molar-refractivity contribution in [3.63, 3.8) is 0 Å². The zero-order valence-electron chi connectivity index (χ0n) is 14.2. The molecule has 0 aromatic carbocycles. The molecule has 6 heteroatoms. The Balaban J connectivity index is 1.55. The molecule has 1 amide bonds. The van der Waals surface area contributed by atoms with Gasteiger partial charge in [0.15, 0.2) is 0 Å². The average molecular weight is 320 g/mol. The monoisotopic (exact) mass is 320 g/mol. The second kappa shape index (κ2) is 7.01. The van der Waals surface area contributed by atoms with Gasteiger partial charge < -0.3 is 15.4 Å². The van der Waals surface area contributed by atoms with Gasteiger partial charge in [-0.3, -0.25) is 9.48 Å². The van der Waals surface area contributed by atoms with E-state index in [-0.39, 0.29) is 18.1 Å². The molecular weight excluding hydrogens is 292 g/mol. The van der Waals surface area contributed by atoms with Gasteiger partial charge in [0.05, 0.1) is 24.9 Å². The number of rotatable bonds is 4. The lowest BCUT2D eigenvalue weighted by atomic mass is 9.99. The Morgan fingerprint density at radius 1 is 1.43 bits per heavy atom. The molecular formula is C17H28N4O2. The highest BCUT2D eigenvalue weighted by atomic mass is 16.5. The molecule has 3 rings (SSSR count). The fourth-order valence-corrected chi connectivity index (χ4v) is 3.78. The zero-order valence-corrected chi connectivity index (χ0v) is 14.2.